The molecule has 0 saturated carbocycles. The van der Waals surface area contributed by atoms with Crippen LogP contribution >= 0.6 is 12.2 Å². The van der Waals surface area contributed by atoms with Crippen LogP contribution in [0.5, 0.6) is 0 Å². The lowest BCUT2D eigenvalue weighted by atomic mass is 10.1. The van der Waals surface area contributed by atoms with Crippen molar-refractivity contribution in [2.45, 2.75) is 6.92 Å². The fourth-order valence-electron chi connectivity index (χ4n) is 2.82. The van der Waals surface area contributed by atoms with Crippen molar-refractivity contribution in [3.05, 3.63) is 83.9 Å². The van der Waals surface area contributed by atoms with Gasteiger partial charge in [0.05, 0.1) is 0 Å². The fraction of sp³-hybridized carbons (Fsp3) is 0.0455. The lowest BCUT2D eigenvalue weighted by molar-refractivity contribution is 0.0977. The first-order valence-corrected chi connectivity index (χ1v) is 9.14. The molecule has 0 bridgehead atoms. The topological polar surface area (TPSA) is 67.2 Å². The van der Waals surface area contributed by atoms with Crippen molar-refractivity contribution < 1.29 is 9.21 Å². The lowest BCUT2D eigenvalue weighted by Gasteiger charge is -2.10. The summed E-state index contributed by atoms with van der Waals surface area (Å²) in [6, 6.07) is 22.5. The summed E-state index contributed by atoms with van der Waals surface area (Å²) in [5.41, 5.74) is 4.77. The molecule has 5 nitrogen and oxygen atoms in total. The van der Waals surface area contributed by atoms with Gasteiger partial charge in [-0.25, -0.2) is 4.98 Å². The summed E-state index contributed by atoms with van der Waals surface area (Å²) in [7, 11) is 0. The van der Waals surface area contributed by atoms with E-state index in [4.69, 9.17) is 16.6 Å². The molecule has 6 heteroatoms. The SMILES string of the molecule is Cc1cccc(C(=O)NC(=S)Nc2ccc(-c3nc4ccccc4o3)cc2)c1. The van der Waals surface area contributed by atoms with Gasteiger partial charge in [0.25, 0.3) is 5.91 Å². The third-order valence-electron chi connectivity index (χ3n) is 4.19. The van der Waals surface area contributed by atoms with Gasteiger partial charge in [0.15, 0.2) is 10.7 Å². The van der Waals surface area contributed by atoms with E-state index in [-0.39, 0.29) is 11.0 Å². The van der Waals surface area contributed by atoms with Gasteiger partial charge in [-0.05, 0) is 67.7 Å². The van der Waals surface area contributed by atoms with Gasteiger partial charge in [-0.3, -0.25) is 10.1 Å². The Morgan fingerprint density at radius 2 is 1.79 bits per heavy atom. The van der Waals surface area contributed by atoms with Gasteiger partial charge in [-0.15, -0.1) is 0 Å². The molecule has 0 saturated heterocycles. The van der Waals surface area contributed by atoms with Crippen LogP contribution in [0.1, 0.15) is 15.9 Å². The Balaban J connectivity index is 1.42. The van der Waals surface area contributed by atoms with E-state index < -0.39 is 0 Å². The molecular formula is C22H17N3O2S. The van der Waals surface area contributed by atoms with E-state index in [1.807, 2.05) is 73.7 Å². The van der Waals surface area contributed by atoms with Crippen molar-refractivity contribution in [3.8, 4) is 11.5 Å². The van der Waals surface area contributed by atoms with E-state index in [0.29, 0.717) is 11.5 Å². The summed E-state index contributed by atoms with van der Waals surface area (Å²) in [5.74, 6) is 0.312. The zero-order valence-electron chi connectivity index (χ0n) is 15.1. The Morgan fingerprint density at radius 3 is 2.54 bits per heavy atom. The molecule has 3 aromatic carbocycles. The van der Waals surface area contributed by atoms with Gasteiger partial charge < -0.3 is 9.73 Å². The quantitative estimate of drug-likeness (QED) is 0.488. The number of oxazole rings is 1. The average molecular weight is 387 g/mol. The van der Waals surface area contributed by atoms with Crippen molar-refractivity contribution in [2.24, 2.45) is 0 Å². The number of rotatable bonds is 3. The number of benzene rings is 3. The summed E-state index contributed by atoms with van der Waals surface area (Å²) in [6.07, 6.45) is 0. The largest absolute Gasteiger partial charge is 0.436 e. The molecule has 0 radical (unpaired) electrons. The molecule has 0 aliphatic rings. The van der Waals surface area contributed by atoms with Crippen LogP contribution in [0.2, 0.25) is 0 Å². The highest BCUT2D eigenvalue weighted by Crippen LogP contribution is 2.25. The molecule has 0 atom stereocenters. The van der Waals surface area contributed by atoms with Crippen LogP contribution in [0.25, 0.3) is 22.6 Å². The smallest absolute Gasteiger partial charge is 0.257 e. The number of para-hydroxylation sites is 2. The highest BCUT2D eigenvalue weighted by molar-refractivity contribution is 7.80. The molecule has 0 spiro atoms. The summed E-state index contributed by atoms with van der Waals surface area (Å²) in [5, 5.41) is 5.93. The number of thiocarbonyl (C=S) groups is 1. The molecule has 2 N–H and O–H groups in total. The number of carbonyl (C=O) groups is 1. The summed E-state index contributed by atoms with van der Waals surface area (Å²) >= 11 is 5.24. The molecule has 4 aromatic rings. The van der Waals surface area contributed by atoms with Crippen LogP contribution in [0.15, 0.2) is 77.2 Å². The van der Waals surface area contributed by atoms with Crippen LogP contribution in [0.4, 0.5) is 5.69 Å². The molecule has 1 heterocycles. The number of aryl methyl sites for hydroxylation is 1. The van der Waals surface area contributed by atoms with Crippen LogP contribution in [-0.4, -0.2) is 16.0 Å². The molecular weight excluding hydrogens is 370 g/mol. The number of amides is 1. The zero-order valence-corrected chi connectivity index (χ0v) is 15.9. The number of anilines is 1. The number of carbonyl (C=O) groups excluding carboxylic acids is 1. The summed E-state index contributed by atoms with van der Waals surface area (Å²) in [6.45, 7) is 1.94. The fourth-order valence-corrected chi connectivity index (χ4v) is 3.03. The van der Waals surface area contributed by atoms with E-state index in [1.54, 1.807) is 6.07 Å². The van der Waals surface area contributed by atoms with Gasteiger partial charge in [0, 0.05) is 16.8 Å². The second-order valence-corrected chi connectivity index (χ2v) is 6.75. The Labute approximate surface area is 167 Å². The van der Waals surface area contributed by atoms with Crippen molar-refractivity contribution >= 4 is 40.0 Å². The number of aromatic nitrogens is 1. The van der Waals surface area contributed by atoms with Gasteiger partial charge in [0.2, 0.25) is 5.89 Å². The maximum Gasteiger partial charge on any atom is 0.257 e. The summed E-state index contributed by atoms with van der Waals surface area (Å²) < 4.78 is 5.77. The molecule has 28 heavy (non-hydrogen) atoms. The van der Waals surface area contributed by atoms with Crippen LogP contribution in [0.3, 0.4) is 0 Å². The maximum absolute atomic E-state index is 12.3. The Morgan fingerprint density at radius 1 is 1.00 bits per heavy atom. The molecule has 0 unspecified atom stereocenters. The molecule has 1 amide bonds. The molecule has 138 valence electrons. The zero-order chi connectivity index (χ0) is 19.5. The van der Waals surface area contributed by atoms with Gasteiger partial charge >= 0.3 is 0 Å². The minimum absolute atomic E-state index is 0.237. The highest BCUT2D eigenvalue weighted by atomic mass is 32.1. The predicted molar refractivity (Wildman–Crippen MR) is 114 cm³/mol. The van der Waals surface area contributed by atoms with E-state index in [0.717, 1.165) is 27.9 Å². The summed E-state index contributed by atoms with van der Waals surface area (Å²) in [4.78, 5) is 16.7. The minimum Gasteiger partial charge on any atom is -0.436 e. The normalized spacial score (nSPS) is 10.6. The van der Waals surface area contributed by atoms with Crippen molar-refractivity contribution in [3.63, 3.8) is 0 Å². The number of fused-ring (bicyclic) bond motifs is 1. The van der Waals surface area contributed by atoms with Crippen molar-refractivity contribution in [1.82, 2.24) is 10.3 Å². The Kier molecular flexibility index (Phi) is 4.87. The lowest BCUT2D eigenvalue weighted by Crippen LogP contribution is -2.34. The second-order valence-electron chi connectivity index (χ2n) is 6.34. The molecule has 0 aliphatic carbocycles. The predicted octanol–water partition coefficient (Wildman–Crippen LogP) is 4.93. The van der Waals surface area contributed by atoms with Gasteiger partial charge in [0.1, 0.15) is 5.52 Å². The number of nitrogens with zero attached hydrogens (tertiary/aromatic N) is 1. The Hall–Kier alpha value is -3.51. The Bertz CT molecular complexity index is 1130. The molecule has 4 rings (SSSR count). The van der Waals surface area contributed by atoms with Crippen molar-refractivity contribution in [2.75, 3.05) is 5.32 Å². The van der Waals surface area contributed by atoms with Gasteiger partial charge in [-0.1, -0.05) is 29.8 Å². The first-order chi connectivity index (χ1) is 13.6. The second kappa shape index (κ2) is 7.62. The monoisotopic (exact) mass is 387 g/mol. The van der Waals surface area contributed by atoms with E-state index in [1.165, 1.54) is 0 Å². The highest BCUT2D eigenvalue weighted by Gasteiger charge is 2.10. The average Bonchev–Trinajstić information content (AvgIpc) is 3.12. The van der Waals surface area contributed by atoms with Crippen LogP contribution in [-0.2, 0) is 0 Å². The minimum atomic E-state index is -0.246. The van der Waals surface area contributed by atoms with E-state index in [9.17, 15) is 4.79 Å². The number of nitrogens with one attached hydrogen (secondary N) is 2. The molecule has 0 fully saturated rings. The molecule has 1 aromatic heterocycles. The van der Waals surface area contributed by atoms with Crippen molar-refractivity contribution in [1.29, 1.82) is 0 Å². The third-order valence-corrected chi connectivity index (χ3v) is 4.40. The number of hydrogen-bond donors (Lipinski definition) is 2. The first kappa shape index (κ1) is 17.9. The molecule has 0 aliphatic heterocycles. The van der Waals surface area contributed by atoms with Gasteiger partial charge in [-0.2, -0.15) is 0 Å². The van der Waals surface area contributed by atoms with E-state index in [2.05, 4.69) is 15.6 Å². The van der Waals surface area contributed by atoms with Crippen LogP contribution in [0, 0.1) is 6.92 Å². The maximum atomic E-state index is 12.3. The third kappa shape index (κ3) is 3.92. The standard InChI is InChI=1S/C22H17N3O2S/c1-14-5-4-6-16(13-14)20(26)25-22(28)23-17-11-9-15(10-12-17)21-24-18-7-2-3-8-19(18)27-21/h2-13H,1H3,(H2,23,25,26,28). The first-order valence-electron chi connectivity index (χ1n) is 8.73. The van der Waals surface area contributed by atoms with E-state index >= 15 is 0 Å². The number of hydrogen-bond acceptors (Lipinski definition) is 4. The van der Waals surface area contributed by atoms with Crippen LogP contribution < -0.4 is 10.6 Å².